The van der Waals surface area contributed by atoms with Crippen molar-refractivity contribution in [3.63, 3.8) is 0 Å². The fourth-order valence-corrected chi connectivity index (χ4v) is 4.28. The molecule has 0 spiro atoms. The van der Waals surface area contributed by atoms with Gasteiger partial charge in [0.05, 0.1) is 4.47 Å². The monoisotopic (exact) mass is 478 g/mol. The van der Waals surface area contributed by atoms with E-state index in [0.717, 1.165) is 54.1 Å². The molecule has 160 valence electrons. The van der Waals surface area contributed by atoms with E-state index in [1.54, 1.807) is 0 Å². The summed E-state index contributed by atoms with van der Waals surface area (Å²) >= 11 is 3.50. The average Bonchev–Trinajstić information content (AvgIpc) is 2.79. The zero-order valence-electron chi connectivity index (χ0n) is 17.8. The number of amides is 1. The van der Waals surface area contributed by atoms with Crippen LogP contribution in [0, 0.1) is 6.92 Å². The standard InChI is InChI=1S/C26H27BrN2O2/c1-20-6-4-7-21(16-20)18-28-12-14-29(15-13-28)26(30)23-9-5-8-22(17-23)19-31-25-11-3-2-10-24(25)27/h2-11,16-17H,12-15,18-19H2,1H3. The Hall–Kier alpha value is -2.63. The SMILES string of the molecule is Cc1cccc(CN2CCN(C(=O)c3cccc(COc4ccccc4Br)c3)CC2)c1. The van der Waals surface area contributed by atoms with E-state index in [1.165, 1.54) is 11.1 Å². The minimum Gasteiger partial charge on any atom is -0.488 e. The number of ether oxygens (including phenoxy) is 1. The first-order chi connectivity index (χ1) is 15.1. The highest BCUT2D eigenvalue weighted by Crippen LogP contribution is 2.25. The van der Waals surface area contributed by atoms with Crippen molar-refractivity contribution >= 4 is 21.8 Å². The van der Waals surface area contributed by atoms with E-state index in [1.807, 2.05) is 53.4 Å². The van der Waals surface area contributed by atoms with Gasteiger partial charge in [-0.05, 0) is 58.2 Å². The molecule has 0 atom stereocenters. The lowest BCUT2D eigenvalue weighted by Gasteiger charge is -2.35. The number of hydrogen-bond acceptors (Lipinski definition) is 3. The number of rotatable bonds is 6. The minimum absolute atomic E-state index is 0.0953. The second-order valence-corrected chi connectivity index (χ2v) is 8.83. The van der Waals surface area contributed by atoms with Crippen LogP contribution in [0.25, 0.3) is 0 Å². The molecular weight excluding hydrogens is 452 g/mol. The van der Waals surface area contributed by atoms with E-state index in [0.29, 0.717) is 6.61 Å². The Bertz CT molecular complexity index is 1040. The highest BCUT2D eigenvalue weighted by molar-refractivity contribution is 9.10. The predicted octanol–water partition coefficient (Wildman–Crippen LogP) is 5.29. The van der Waals surface area contributed by atoms with Gasteiger partial charge in [0.1, 0.15) is 12.4 Å². The maximum atomic E-state index is 13.0. The summed E-state index contributed by atoms with van der Waals surface area (Å²) in [5.41, 5.74) is 4.33. The van der Waals surface area contributed by atoms with E-state index < -0.39 is 0 Å². The van der Waals surface area contributed by atoms with Crippen LogP contribution in [0.4, 0.5) is 0 Å². The molecule has 5 heteroatoms. The number of para-hydroxylation sites is 1. The van der Waals surface area contributed by atoms with Gasteiger partial charge in [-0.15, -0.1) is 0 Å². The minimum atomic E-state index is 0.0953. The van der Waals surface area contributed by atoms with Gasteiger partial charge in [-0.2, -0.15) is 0 Å². The Balaban J connectivity index is 1.32. The van der Waals surface area contributed by atoms with Gasteiger partial charge in [-0.3, -0.25) is 9.69 Å². The molecule has 4 nitrogen and oxygen atoms in total. The van der Waals surface area contributed by atoms with Crippen molar-refractivity contribution in [1.82, 2.24) is 9.80 Å². The number of nitrogens with zero attached hydrogens (tertiary/aromatic N) is 2. The molecule has 0 unspecified atom stereocenters. The van der Waals surface area contributed by atoms with Gasteiger partial charge in [0.2, 0.25) is 0 Å². The number of benzene rings is 3. The quantitative estimate of drug-likeness (QED) is 0.482. The second kappa shape index (κ2) is 10.1. The van der Waals surface area contributed by atoms with Crippen molar-refractivity contribution < 1.29 is 9.53 Å². The molecule has 0 aromatic heterocycles. The van der Waals surface area contributed by atoms with Crippen LogP contribution < -0.4 is 4.74 Å². The lowest BCUT2D eigenvalue weighted by atomic mass is 10.1. The summed E-state index contributed by atoms with van der Waals surface area (Å²) in [6.07, 6.45) is 0. The van der Waals surface area contributed by atoms with Gasteiger partial charge >= 0.3 is 0 Å². The van der Waals surface area contributed by atoms with Crippen molar-refractivity contribution in [3.05, 3.63) is 99.5 Å². The largest absolute Gasteiger partial charge is 0.488 e. The highest BCUT2D eigenvalue weighted by Gasteiger charge is 2.22. The van der Waals surface area contributed by atoms with E-state index in [-0.39, 0.29) is 5.91 Å². The lowest BCUT2D eigenvalue weighted by molar-refractivity contribution is 0.0628. The molecule has 4 rings (SSSR count). The molecule has 0 radical (unpaired) electrons. The Morgan fingerprint density at radius 3 is 2.42 bits per heavy atom. The Labute approximate surface area is 192 Å². The Morgan fingerprint density at radius 1 is 0.903 bits per heavy atom. The topological polar surface area (TPSA) is 32.8 Å². The van der Waals surface area contributed by atoms with Gasteiger partial charge in [-0.25, -0.2) is 0 Å². The number of aryl methyl sites for hydroxylation is 1. The summed E-state index contributed by atoms with van der Waals surface area (Å²) in [7, 11) is 0. The zero-order valence-corrected chi connectivity index (χ0v) is 19.3. The van der Waals surface area contributed by atoms with Gasteiger partial charge < -0.3 is 9.64 Å². The Kier molecular flexibility index (Phi) is 7.05. The highest BCUT2D eigenvalue weighted by atomic mass is 79.9. The fourth-order valence-electron chi connectivity index (χ4n) is 3.88. The summed E-state index contributed by atoms with van der Waals surface area (Å²) in [6, 6.07) is 24.2. The molecule has 0 aliphatic carbocycles. The van der Waals surface area contributed by atoms with Crippen LogP contribution in [0.15, 0.2) is 77.3 Å². The molecule has 3 aromatic carbocycles. The molecule has 1 aliphatic heterocycles. The van der Waals surface area contributed by atoms with Gasteiger partial charge in [0, 0.05) is 38.3 Å². The van der Waals surface area contributed by atoms with Crippen molar-refractivity contribution in [3.8, 4) is 5.75 Å². The molecule has 1 saturated heterocycles. The van der Waals surface area contributed by atoms with E-state index >= 15 is 0 Å². The third-order valence-corrected chi connectivity index (χ3v) is 6.21. The van der Waals surface area contributed by atoms with Crippen LogP contribution in [0.2, 0.25) is 0 Å². The maximum absolute atomic E-state index is 13.0. The van der Waals surface area contributed by atoms with Crippen LogP contribution in [-0.2, 0) is 13.2 Å². The van der Waals surface area contributed by atoms with Crippen LogP contribution in [0.1, 0.15) is 27.0 Å². The second-order valence-electron chi connectivity index (χ2n) is 7.98. The first kappa shape index (κ1) is 21.6. The van der Waals surface area contributed by atoms with E-state index in [4.69, 9.17) is 4.74 Å². The van der Waals surface area contributed by atoms with Crippen LogP contribution >= 0.6 is 15.9 Å². The lowest BCUT2D eigenvalue weighted by Crippen LogP contribution is -2.48. The van der Waals surface area contributed by atoms with Gasteiger partial charge in [0.25, 0.3) is 5.91 Å². The average molecular weight is 479 g/mol. The van der Waals surface area contributed by atoms with Crippen molar-refractivity contribution in [2.24, 2.45) is 0 Å². The smallest absolute Gasteiger partial charge is 0.253 e. The molecule has 1 heterocycles. The molecule has 0 N–H and O–H groups in total. The number of carbonyl (C=O) groups is 1. The van der Waals surface area contributed by atoms with Crippen LogP contribution in [0.5, 0.6) is 5.75 Å². The fraction of sp³-hybridized carbons (Fsp3) is 0.269. The van der Waals surface area contributed by atoms with Gasteiger partial charge in [-0.1, -0.05) is 54.1 Å². The molecular formula is C26H27BrN2O2. The van der Waals surface area contributed by atoms with Gasteiger partial charge in [0.15, 0.2) is 0 Å². The number of carbonyl (C=O) groups excluding carboxylic acids is 1. The molecule has 1 aliphatic rings. The summed E-state index contributed by atoms with van der Waals surface area (Å²) in [5.74, 6) is 0.891. The molecule has 1 fully saturated rings. The third-order valence-electron chi connectivity index (χ3n) is 5.55. The normalized spacial score (nSPS) is 14.5. The van der Waals surface area contributed by atoms with E-state index in [9.17, 15) is 4.79 Å². The number of hydrogen-bond donors (Lipinski definition) is 0. The summed E-state index contributed by atoms with van der Waals surface area (Å²) in [6.45, 7) is 6.78. The van der Waals surface area contributed by atoms with Crippen molar-refractivity contribution in [2.75, 3.05) is 26.2 Å². The number of piperazine rings is 1. The maximum Gasteiger partial charge on any atom is 0.253 e. The van der Waals surface area contributed by atoms with Crippen LogP contribution in [-0.4, -0.2) is 41.9 Å². The summed E-state index contributed by atoms with van der Waals surface area (Å²) < 4.78 is 6.83. The van der Waals surface area contributed by atoms with E-state index in [2.05, 4.69) is 52.0 Å². The summed E-state index contributed by atoms with van der Waals surface area (Å²) in [4.78, 5) is 17.4. The first-order valence-electron chi connectivity index (χ1n) is 10.6. The zero-order chi connectivity index (χ0) is 21.6. The third kappa shape index (κ3) is 5.75. The molecule has 31 heavy (non-hydrogen) atoms. The molecule has 0 saturated carbocycles. The predicted molar refractivity (Wildman–Crippen MR) is 127 cm³/mol. The van der Waals surface area contributed by atoms with Crippen LogP contribution in [0.3, 0.4) is 0 Å². The first-order valence-corrected chi connectivity index (χ1v) is 11.4. The molecule has 1 amide bonds. The van der Waals surface area contributed by atoms with Crippen molar-refractivity contribution in [1.29, 1.82) is 0 Å². The molecule has 0 bridgehead atoms. The number of halogens is 1. The summed E-state index contributed by atoms with van der Waals surface area (Å²) in [5, 5.41) is 0. The molecule has 3 aromatic rings. The van der Waals surface area contributed by atoms with Crippen molar-refractivity contribution in [2.45, 2.75) is 20.1 Å². The Morgan fingerprint density at radius 2 is 1.65 bits per heavy atom.